The highest BCUT2D eigenvalue weighted by molar-refractivity contribution is 5.95. The third-order valence-corrected chi connectivity index (χ3v) is 0.836. The van der Waals surface area contributed by atoms with Crippen LogP contribution in [-0.4, -0.2) is 18.9 Å². The van der Waals surface area contributed by atoms with E-state index in [0.29, 0.717) is 6.42 Å². The summed E-state index contributed by atoms with van der Waals surface area (Å²) in [5.74, 6) is -0.101. The molecule has 0 aliphatic carbocycles. The highest BCUT2D eigenvalue weighted by atomic mass is 16.1. The second kappa shape index (κ2) is 3.88. The average molecular weight is 129 g/mol. The van der Waals surface area contributed by atoms with E-state index in [1.165, 1.54) is 0 Å². The Labute approximate surface area is 54.1 Å². The van der Waals surface area contributed by atoms with Gasteiger partial charge in [0.15, 0.2) is 5.96 Å². The first-order valence-electron chi connectivity index (χ1n) is 2.76. The predicted octanol–water partition coefficient (Wildman–Crippen LogP) is -0.333. The third-order valence-electron chi connectivity index (χ3n) is 0.836. The van der Waals surface area contributed by atoms with Gasteiger partial charge >= 0.3 is 0 Å². The first-order chi connectivity index (χ1) is 4.20. The van der Waals surface area contributed by atoms with Crippen LogP contribution in [0.1, 0.15) is 13.3 Å². The van der Waals surface area contributed by atoms with Crippen molar-refractivity contribution in [1.82, 2.24) is 10.6 Å². The number of guanidine groups is 1. The van der Waals surface area contributed by atoms with Gasteiger partial charge in [-0.25, -0.2) is 0 Å². The molecular formula is C5H11N3O. The van der Waals surface area contributed by atoms with Crippen molar-refractivity contribution in [2.24, 2.45) is 0 Å². The molecule has 0 aliphatic heterocycles. The summed E-state index contributed by atoms with van der Waals surface area (Å²) in [7, 11) is 1.58. The normalized spacial score (nSPS) is 8.22. The molecule has 0 bridgehead atoms. The van der Waals surface area contributed by atoms with Gasteiger partial charge in [0.2, 0.25) is 5.91 Å². The Hall–Kier alpha value is -1.06. The molecule has 0 rings (SSSR count). The number of hydrogen-bond acceptors (Lipinski definition) is 2. The van der Waals surface area contributed by atoms with Crippen molar-refractivity contribution in [3.05, 3.63) is 0 Å². The van der Waals surface area contributed by atoms with E-state index in [2.05, 4.69) is 10.6 Å². The summed E-state index contributed by atoms with van der Waals surface area (Å²) in [5, 5.41) is 11.7. The zero-order valence-electron chi connectivity index (χ0n) is 5.62. The molecule has 4 nitrogen and oxygen atoms in total. The molecule has 0 saturated heterocycles. The van der Waals surface area contributed by atoms with Gasteiger partial charge in [-0.05, 0) is 0 Å². The number of rotatable bonds is 1. The Bertz CT molecular complexity index is 107. The van der Waals surface area contributed by atoms with Gasteiger partial charge in [-0.2, -0.15) is 0 Å². The molecule has 0 radical (unpaired) electrons. The Morgan fingerprint density at radius 2 is 2.22 bits per heavy atom. The molecule has 52 valence electrons. The van der Waals surface area contributed by atoms with Crippen molar-refractivity contribution >= 4 is 11.9 Å². The Morgan fingerprint density at radius 3 is 2.56 bits per heavy atom. The van der Waals surface area contributed by atoms with E-state index in [0.717, 1.165) is 0 Å². The molecule has 9 heavy (non-hydrogen) atoms. The minimum atomic E-state index is -0.144. The number of carbonyl (C=O) groups excluding carboxylic acids is 1. The van der Waals surface area contributed by atoms with Crippen molar-refractivity contribution < 1.29 is 4.79 Å². The fourth-order valence-electron chi connectivity index (χ4n) is 0.290. The maximum atomic E-state index is 10.5. The van der Waals surface area contributed by atoms with Crippen LogP contribution in [0.5, 0.6) is 0 Å². The summed E-state index contributed by atoms with van der Waals surface area (Å²) in [5.41, 5.74) is 0. The van der Waals surface area contributed by atoms with Gasteiger partial charge in [0.05, 0.1) is 0 Å². The molecular weight excluding hydrogens is 118 g/mol. The SMILES string of the molecule is CCC(=O)NC(=N)NC. The summed E-state index contributed by atoms with van der Waals surface area (Å²) in [6, 6.07) is 0. The summed E-state index contributed by atoms with van der Waals surface area (Å²) >= 11 is 0. The Balaban J connectivity index is 3.47. The lowest BCUT2D eigenvalue weighted by Crippen LogP contribution is -2.37. The largest absolute Gasteiger partial charge is 0.359 e. The summed E-state index contributed by atoms with van der Waals surface area (Å²) < 4.78 is 0. The number of hydrogen-bond donors (Lipinski definition) is 3. The molecule has 0 spiro atoms. The molecule has 0 aromatic heterocycles. The minimum absolute atomic E-state index is 0.0434. The maximum absolute atomic E-state index is 10.5. The zero-order valence-corrected chi connectivity index (χ0v) is 5.62. The molecule has 4 heteroatoms. The molecule has 0 heterocycles. The van der Waals surface area contributed by atoms with Gasteiger partial charge in [0.25, 0.3) is 0 Å². The van der Waals surface area contributed by atoms with Crippen LogP contribution in [0.2, 0.25) is 0 Å². The summed E-state index contributed by atoms with van der Waals surface area (Å²) in [6.45, 7) is 1.73. The molecule has 0 aliphatic rings. The van der Waals surface area contributed by atoms with E-state index in [-0.39, 0.29) is 11.9 Å². The van der Waals surface area contributed by atoms with Crippen molar-refractivity contribution in [3.63, 3.8) is 0 Å². The van der Waals surface area contributed by atoms with Crippen molar-refractivity contribution in [2.45, 2.75) is 13.3 Å². The van der Waals surface area contributed by atoms with Gasteiger partial charge < -0.3 is 5.32 Å². The molecule has 1 amide bonds. The topological polar surface area (TPSA) is 65.0 Å². The van der Waals surface area contributed by atoms with Gasteiger partial charge in [-0.3, -0.25) is 15.5 Å². The van der Waals surface area contributed by atoms with E-state index < -0.39 is 0 Å². The monoisotopic (exact) mass is 129 g/mol. The fraction of sp³-hybridized carbons (Fsp3) is 0.600. The van der Waals surface area contributed by atoms with Gasteiger partial charge in [0, 0.05) is 13.5 Å². The van der Waals surface area contributed by atoms with E-state index in [1.54, 1.807) is 14.0 Å². The van der Waals surface area contributed by atoms with Crippen LogP contribution in [0.3, 0.4) is 0 Å². The maximum Gasteiger partial charge on any atom is 0.226 e. The molecule has 3 N–H and O–H groups in total. The molecule has 0 fully saturated rings. The van der Waals surface area contributed by atoms with Crippen molar-refractivity contribution in [2.75, 3.05) is 7.05 Å². The highest BCUT2D eigenvalue weighted by Crippen LogP contribution is 1.71. The van der Waals surface area contributed by atoms with Crippen LogP contribution in [0.15, 0.2) is 0 Å². The van der Waals surface area contributed by atoms with Gasteiger partial charge in [-0.1, -0.05) is 6.92 Å². The standard InChI is InChI=1S/C5H11N3O/c1-3-4(9)8-5(6)7-2/h3H2,1-2H3,(H3,6,7,8,9). The third kappa shape index (κ3) is 3.52. The average Bonchev–Trinajstić information content (AvgIpc) is 1.87. The van der Waals surface area contributed by atoms with Crippen LogP contribution < -0.4 is 10.6 Å². The molecule has 0 saturated carbocycles. The first kappa shape index (κ1) is 7.94. The fourth-order valence-corrected chi connectivity index (χ4v) is 0.290. The highest BCUT2D eigenvalue weighted by Gasteiger charge is 1.96. The quantitative estimate of drug-likeness (QED) is 0.335. The van der Waals surface area contributed by atoms with Crippen molar-refractivity contribution in [3.8, 4) is 0 Å². The van der Waals surface area contributed by atoms with Crippen molar-refractivity contribution in [1.29, 1.82) is 5.41 Å². The minimum Gasteiger partial charge on any atom is -0.359 e. The van der Waals surface area contributed by atoms with Gasteiger partial charge in [-0.15, -0.1) is 0 Å². The smallest absolute Gasteiger partial charge is 0.226 e. The summed E-state index contributed by atoms with van der Waals surface area (Å²) in [4.78, 5) is 10.5. The Morgan fingerprint density at radius 1 is 1.67 bits per heavy atom. The number of nitrogens with one attached hydrogen (secondary N) is 3. The van der Waals surface area contributed by atoms with Gasteiger partial charge in [0.1, 0.15) is 0 Å². The van der Waals surface area contributed by atoms with E-state index >= 15 is 0 Å². The molecule has 0 aromatic carbocycles. The van der Waals surface area contributed by atoms with Crippen LogP contribution >= 0.6 is 0 Å². The number of amides is 1. The molecule has 0 atom stereocenters. The molecule has 0 unspecified atom stereocenters. The lowest BCUT2D eigenvalue weighted by molar-refractivity contribution is -0.119. The van der Waals surface area contributed by atoms with E-state index in [4.69, 9.17) is 5.41 Å². The van der Waals surface area contributed by atoms with Crippen LogP contribution in [0.25, 0.3) is 0 Å². The van der Waals surface area contributed by atoms with E-state index in [1.807, 2.05) is 0 Å². The number of carbonyl (C=O) groups is 1. The summed E-state index contributed by atoms with van der Waals surface area (Å²) in [6.07, 6.45) is 0.407. The second-order valence-corrected chi connectivity index (χ2v) is 1.53. The predicted molar refractivity (Wildman–Crippen MR) is 35.2 cm³/mol. The lowest BCUT2D eigenvalue weighted by atomic mass is 10.5. The zero-order chi connectivity index (χ0) is 7.28. The van der Waals surface area contributed by atoms with Crippen LogP contribution in [-0.2, 0) is 4.79 Å². The Kier molecular flexibility index (Phi) is 3.43. The lowest BCUT2D eigenvalue weighted by Gasteiger charge is -2.01. The first-order valence-corrected chi connectivity index (χ1v) is 2.76. The van der Waals surface area contributed by atoms with Crippen LogP contribution in [0.4, 0.5) is 0 Å². The van der Waals surface area contributed by atoms with E-state index in [9.17, 15) is 4.79 Å². The molecule has 0 aromatic rings. The van der Waals surface area contributed by atoms with Crippen LogP contribution in [0, 0.1) is 5.41 Å². The second-order valence-electron chi connectivity index (χ2n) is 1.53.